The topological polar surface area (TPSA) is 73.5 Å². The van der Waals surface area contributed by atoms with Crippen LogP contribution in [0.5, 0.6) is 0 Å². The molecule has 0 unspecified atom stereocenters. The van der Waals surface area contributed by atoms with Gasteiger partial charge in [-0.15, -0.1) is 0 Å². The number of nitrogens with zero attached hydrogens (tertiary/aromatic N) is 1. The third-order valence-electron chi connectivity index (χ3n) is 6.25. The second kappa shape index (κ2) is 23.1. The van der Waals surface area contributed by atoms with Crippen molar-refractivity contribution < 1.29 is 9.59 Å². The Kier molecular flexibility index (Phi) is 23.9. The molecule has 0 heterocycles. The molecule has 0 aliphatic heterocycles. The van der Waals surface area contributed by atoms with E-state index >= 15 is 0 Å². The van der Waals surface area contributed by atoms with Crippen molar-refractivity contribution in [2.45, 2.75) is 127 Å². The van der Waals surface area contributed by atoms with Gasteiger partial charge in [-0.3, -0.25) is 14.5 Å². The molecule has 6 heteroatoms. The predicted octanol–water partition coefficient (Wildman–Crippen LogP) is 5.55. The Bertz CT molecular complexity index is 531. The van der Waals surface area contributed by atoms with Crippen molar-refractivity contribution in [1.82, 2.24) is 20.9 Å². The van der Waals surface area contributed by atoms with E-state index in [1.807, 2.05) is 27.7 Å². The molecular weight excluding hydrogens is 460 g/mol. The van der Waals surface area contributed by atoms with Crippen molar-refractivity contribution in [3.05, 3.63) is 0 Å². The first-order valence-corrected chi connectivity index (χ1v) is 15.2. The molecule has 0 aliphatic rings. The summed E-state index contributed by atoms with van der Waals surface area (Å²) < 4.78 is 0. The monoisotopic (exact) mass is 527 g/mol. The van der Waals surface area contributed by atoms with E-state index in [-0.39, 0.29) is 17.8 Å². The summed E-state index contributed by atoms with van der Waals surface area (Å²) in [6.07, 6.45) is 4.89. The van der Waals surface area contributed by atoms with Crippen molar-refractivity contribution >= 4 is 11.6 Å². The number of rotatable bonds is 21. The SMILES string of the molecule is CC(C)CCCCN(CCCNC(C)C)CC(=O)C(C)C.CC(C)NCC(CNC(C)C)C(=O)C(C)C. The van der Waals surface area contributed by atoms with Crippen LogP contribution in [0.2, 0.25) is 0 Å². The van der Waals surface area contributed by atoms with Crippen molar-refractivity contribution in [2.75, 3.05) is 39.3 Å². The zero-order valence-electron chi connectivity index (χ0n) is 26.9. The van der Waals surface area contributed by atoms with Crippen molar-refractivity contribution in [3.8, 4) is 0 Å². The number of hydrogen-bond donors (Lipinski definition) is 3. The van der Waals surface area contributed by atoms with Gasteiger partial charge in [0.2, 0.25) is 0 Å². The molecule has 0 atom stereocenters. The summed E-state index contributed by atoms with van der Waals surface area (Å²) in [5.74, 6) is 1.86. The highest BCUT2D eigenvalue weighted by molar-refractivity contribution is 5.83. The van der Waals surface area contributed by atoms with Crippen LogP contribution in [-0.4, -0.2) is 73.9 Å². The highest BCUT2D eigenvalue weighted by atomic mass is 16.1. The molecule has 0 bridgehead atoms. The molecule has 37 heavy (non-hydrogen) atoms. The summed E-state index contributed by atoms with van der Waals surface area (Å²) in [5.41, 5.74) is 0. The Hall–Kier alpha value is -0.820. The summed E-state index contributed by atoms with van der Waals surface area (Å²) in [7, 11) is 0. The molecule has 6 nitrogen and oxygen atoms in total. The first-order chi connectivity index (χ1) is 17.2. The molecule has 0 saturated carbocycles. The van der Waals surface area contributed by atoms with Gasteiger partial charge in [-0.2, -0.15) is 0 Å². The van der Waals surface area contributed by atoms with Gasteiger partial charge < -0.3 is 16.0 Å². The van der Waals surface area contributed by atoms with E-state index in [0.717, 1.165) is 45.1 Å². The van der Waals surface area contributed by atoms with Crippen molar-refractivity contribution in [1.29, 1.82) is 0 Å². The van der Waals surface area contributed by atoms with Crippen LogP contribution in [0, 0.1) is 23.7 Å². The molecule has 0 saturated heterocycles. The second-order valence-electron chi connectivity index (χ2n) is 12.6. The highest BCUT2D eigenvalue weighted by Gasteiger charge is 2.21. The Morgan fingerprint density at radius 3 is 1.51 bits per heavy atom. The summed E-state index contributed by atoms with van der Waals surface area (Å²) in [5, 5.41) is 10.1. The molecule has 0 spiro atoms. The van der Waals surface area contributed by atoms with E-state index in [4.69, 9.17) is 0 Å². The molecule has 0 aromatic heterocycles. The average molecular weight is 527 g/mol. The zero-order valence-corrected chi connectivity index (χ0v) is 26.9. The smallest absolute Gasteiger partial charge is 0.149 e. The van der Waals surface area contributed by atoms with Gasteiger partial charge in [-0.25, -0.2) is 0 Å². The maximum Gasteiger partial charge on any atom is 0.149 e. The number of Topliss-reactive ketones (excluding diaryl/α,β-unsaturated/α-hetero) is 2. The Morgan fingerprint density at radius 1 is 0.622 bits per heavy atom. The fourth-order valence-corrected chi connectivity index (χ4v) is 3.75. The molecule has 0 rings (SSSR count). The summed E-state index contributed by atoms with van der Waals surface area (Å²) >= 11 is 0. The van der Waals surface area contributed by atoms with Gasteiger partial charge in [0.25, 0.3) is 0 Å². The number of ketones is 2. The first kappa shape index (κ1) is 38.3. The molecule has 0 amide bonds. The minimum Gasteiger partial charge on any atom is -0.314 e. The molecule has 0 aromatic carbocycles. The van der Waals surface area contributed by atoms with Gasteiger partial charge >= 0.3 is 0 Å². The van der Waals surface area contributed by atoms with Crippen LogP contribution >= 0.6 is 0 Å². The van der Waals surface area contributed by atoms with Crippen LogP contribution in [0.3, 0.4) is 0 Å². The predicted molar refractivity (Wildman–Crippen MR) is 162 cm³/mol. The lowest BCUT2D eigenvalue weighted by Crippen LogP contribution is -2.41. The van der Waals surface area contributed by atoms with Crippen LogP contribution in [0.1, 0.15) is 109 Å². The lowest BCUT2D eigenvalue weighted by Gasteiger charge is -2.23. The standard InChI is InChI=1S/C18H38N2O.C13H28N2O/c1-15(2)10-7-8-12-20(14-18(21)16(3)4)13-9-11-19-17(5)6;1-9(2)13(16)12(7-14-10(3)4)8-15-11(5)6/h15-17,19H,7-14H2,1-6H3;9-12,14-15H,7-8H2,1-6H3. The van der Waals surface area contributed by atoms with Gasteiger partial charge in [-0.05, 0) is 38.4 Å². The van der Waals surface area contributed by atoms with Crippen LogP contribution < -0.4 is 16.0 Å². The molecular formula is C31H66N4O2. The third-order valence-corrected chi connectivity index (χ3v) is 6.25. The van der Waals surface area contributed by atoms with Crippen LogP contribution in [0.25, 0.3) is 0 Å². The van der Waals surface area contributed by atoms with E-state index in [1.54, 1.807) is 0 Å². The maximum absolute atomic E-state index is 12.0. The number of unbranched alkanes of at least 4 members (excludes halogenated alkanes) is 1. The van der Waals surface area contributed by atoms with Crippen molar-refractivity contribution in [2.24, 2.45) is 23.7 Å². The number of nitrogens with one attached hydrogen (secondary N) is 3. The second-order valence-corrected chi connectivity index (χ2v) is 12.6. The van der Waals surface area contributed by atoms with E-state index in [2.05, 4.69) is 76.2 Å². The minimum absolute atomic E-state index is 0.0878. The minimum atomic E-state index is 0.0878. The van der Waals surface area contributed by atoms with E-state index in [9.17, 15) is 9.59 Å². The van der Waals surface area contributed by atoms with E-state index < -0.39 is 0 Å². The fourth-order valence-electron chi connectivity index (χ4n) is 3.75. The Morgan fingerprint density at radius 2 is 1.11 bits per heavy atom. The van der Waals surface area contributed by atoms with E-state index in [0.29, 0.717) is 36.2 Å². The lowest BCUT2D eigenvalue weighted by molar-refractivity contribution is -0.125. The largest absolute Gasteiger partial charge is 0.314 e. The first-order valence-electron chi connectivity index (χ1n) is 15.2. The van der Waals surface area contributed by atoms with Gasteiger partial charge in [0.05, 0.1) is 6.54 Å². The maximum atomic E-state index is 12.0. The molecule has 0 radical (unpaired) electrons. The summed E-state index contributed by atoms with van der Waals surface area (Å²) in [6.45, 7) is 30.6. The Labute approximate surface area is 231 Å². The number of hydrogen-bond acceptors (Lipinski definition) is 6. The van der Waals surface area contributed by atoms with Crippen LogP contribution in [-0.2, 0) is 9.59 Å². The highest BCUT2D eigenvalue weighted by Crippen LogP contribution is 2.09. The fraction of sp³-hybridized carbons (Fsp3) is 0.935. The van der Waals surface area contributed by atoms with Gasteiger partial charge in [-0.1, -0.05) is 95.9 Å². The van der Waals surface area contributed by atoms with Gasteiger partial charge in [0.1, 0.15) is 11.6 Å². The molecule has 0 aliphatic carbocycles. The summed E-state index contributed by atoms with van der Waals surface area (Å²) in [6, 6.07) is 1.41. The third kappa shape index (κ3) is 25.2. The van der Waals surface area contributed by atoms with Gasteiger partial charge in [0, 0.05) is 49.0 Å². The zero-order chi connectivity index (χ0) is 29.0. The molecule has 0 aromatic rings. The van der Waals surface area contributed by atoms with Gasteiger partial charge in [0.15, 0.2) is 0 Å². The lowest BCUT2D eigenvalue weighted by atomic mass is 9.94. The normalized spacial score (nSPS) is 12.1. The molecule has 3 N–H and O–H groups in total. The van der Waals surface area contributed by atoms with Crippen molar-refractivity contribution in [3.63, 3.8) is 0 Å². The Balaban J connectivity index is 0. The van der Waals surface area contributed by atoms with E-state index in [1.165, 1.54) is 19.3 Å². The number of carbonyl (C=O) groups excluding carboxylic acids is 2. The van der Waals surface area contributed by atoms with Crippen LogP contribution in [0.4, 0.5) is 0 Å². The molecule has 0 fully saturated rings. The summed E-state index contributed by atoms with van der Waals surface area (Å²) in [4.78, 5) is 26.3. The number of carbonyl (C=O) groups is 2. The average Bonchev–Trinajstić information content (AvgIpc) is 2.78. The van der Waals surface area contributed by atoms with Crippen LogP contribution in [0.15, 0.2) is 0 Å². The molecule has 222 valence electrons. The quantitative estimate of drug-likeness (QED) is 0.170.